The van der Waals surface area contributed by atoms with Crippen molar-refractivity contribution in [3.8, 4) is 11.4 Å². The number of aryl methyl sites for hydroxylation is 1. The highest BCUT2D eigenvalue weighted by Gasteiger charge is 2.16. The number of carbonyl (C=O) groups excluding carboxylic acids is 1. The van der Waals surface area contributed by atoms with Gasteiger partial charge in [-0.25, -0.2) is 14.6 Å². The maximum Gasteiger partial charge on any atom is 0.275 e. The van der Waals surface area contributed by atoms with Gasteiger partial charge in [0.2, 0.25) is 0 Å². The molecule has 9 heteroatoms. The maximum absolute atomic E-state index is 12.5. The number of hydrogen-bond donors (Lipinski definition) is 1. The molecule has 0 unspecified atom stereocenters. The summed E-state index contributed by atoms with van der Waals surface area (Å²) in [4.78, 5) is 20.9. The third-order valence-corrected chi connectivity index (χ3v) is 3.77. The minimum absolute atomic E-state index is 0.0931. The molecule has 3 aromatic rings. The third-order valence-electron chi connectivity index (χ3n) is 3.49. The van der Waals surface area contributed by atoms with Crippen molar-refractivity contribution in [1.29, 1.82) is 0 Å². The molecule has 0 bridgehead atoms. The SMILES string of the molecule is CC(C)c1ncc(Cl)c(C(=O)Nc2cccc(-c3nnnn3C)c2)n1. The Morgan fingerprint density at radius 1 is 1.32 bits per heavy atom. The predicted octanol–water partition coefficient (Wildman–Crippen LogP) is 2.70. The van der Waals surface area contributed by atoms with Gasteiger partial charge in [0, 0.05) is 24.2 Å². The number of anilines is 1. The predicted molar refractivity (Wildman–Crippen MR) is 93.3 cm³/mol. The monoisotopic (exact) mass is 357 g/mol. The van der Waals surface area contributed by atoms with Crippen LogP contribution in [0.5, 0.6) is 0 Å². The van der Waals surface area contributed by atoms with Gasteiger partial charge in [0.05, 0.1) is 11.2 Å². The molecule has 1 N–H and O–H groups in total. The van der Waals surface area contributed by atoms with Crippen LogP contribution < -0.4 is 5.32 Å². The molecule has 2 aromatic heterocycles. The van der Waals surface area contributed by atoms with Gasteiger partial charge in [0.25, 0.3) is 5.91 Å². The molecule has 0 saturated carbocycles. The number of benzene rings is 1. The Bertz CT molecular complexity index is 922. The number of amides is 1. The molecular formula is C16H16ClN7O. The van der Waals surface area contributed by atoms with Gasteiger partial charge in [0.1, 0.15) is 5.82 Å². The number of nitrogens with zero attached hydrogens (tertiary/aromatic N) is 6. The summed E-state index contributed by atoms with van der Waals surface area (Å²) in [6.07, 6.45) is 1.44. The highest BCUT2D eigenvalue weighted by Crippen LogP contribution is 2.21. The van der Waals surface area contributed by atoms with Crippen molar-refractivity contribution in [3.05, 3.63) is 47.0 Å². The largest absolute Gasteiger partial charge is 0.321 e. The highest BCUT2D eigenvalue weighted by atomic mass is 35.5. The fourth-order valence-electron chi connectivity index (χ4n) is 2.22. The first kappa shape index (κ1) is 17.0. The molecule has 0 fully saturated rings. The summed E-state index contributed by atoms with van der Waals surface area (Å²) in [6.45, 7) is 3.90. The van der Waals surface area contributed by atoms with Crippen molar-refractivity contribution >= 4 is 23.2 Å². The highest BCUT2D eigenvalue weighted by molar-refractivity contribution is 6.33. The lowest BCUT2D eigenvalue weighted by Gasteiger charge is -2.09. The quantitative estimate of drug-likeness (QED) is 0.770. The molecule has 128 valence electrons. The number of carbonyl (C=O) groups is 1. The number of rotatable bonds is 4. The van der Waals surface area contributed by atoms with Gasteiger partial charge in [0.15, 0.2) is 11.5 Å². The Hall–Kier alpha value is -2.87. The smallest absolute Gasteiger partial charge is 0.275 e. The van der Waals surface area contributed by atoms with E-state index in [0.717, 1.165) is 5.56 Å². The summed E-state index contributed by atoms with van der Waals surface area (Å²) < 4.78 is 1.55. The number of hydrogen-bond acceptors (Lipinski definition) is 6. The number of nitrogens with one attached hydrogen (secondary N) is 1. The molecule has 0 atom stereocenters. The van der Waals surface area contributed by atoms with Crippen molar-refractivity contribution in [3.63, 3.8) is 0 Å². The van der Waals surface area contributed by atoms with Crippen molar-refractivity contribution in [1.82, 2.24) is 30.2 Å². The molecule has 1 aromatic carbocycles. The van der Waals surface area contributed by atoms with Gasteiger partial charge in [-0.2, -0.15) is 0 Å². The van der Waals surface area contributed by atoms with E-state index in [1.807, 2.05) is 19.9 Å². The van der Waals surface area contributed by atoms with Gasteiger partial charge in [-0.15, -0.1) is 5.10 Å². The van der Waals surface area contributed by atoms with Crippen LogP contribution in [-0.2, 0) is 7.05 Å². The minimum Gasteiger partial charge on any atom is -0.321 e. The van der Waals surface area contributed by atoms with E-state index in [4.69, 9.17) is 11.6 Å². The van der Waals surface area contributed by atoms with Crippen molar-refractivity contribution in [2.75, 3.05) is 5.32 Å². The summed E-state index contributed by atoms with van der Waals surface area (Å²) in [5.41, 5.74) is 1.51. The van der Waals surface area contributed by atoms with Crippen LogP contribution in [0.2, 0.25) is 5.02 Å². The van der Waals surface area contributed by atoms with Crippen LogP contribution in [-0.4, -0.2) is 36.1 Å². The number of aromatic nitrogens is 6. The van der Waals surface area contributed by atoms with E-state index in [9.17, 15) is 4.79 Å². The zero-order chi connectivity index (χ0) is 18.0. The molecule has 1 amide bonds. The Kier molecular flexibility index (Phi) is 4.71. The topological polar surface area (TPSA) is 98.5 Å². The average molecular weight is 358 g/mol. The summed E-state index contributed by atoms with van der Waals surface area (Å²) >= 11 is 6.08. The third kappa shape index (κ3) is 3.63. The average Bonchev–Trinajstić information content (AvgIpc) is 3.01. The van der Waals surface area contributed by atoms with E-state index < -0.39 is 5.91 Å². The van der Waals surface area contributed by atoms with Crippen LogP contribution in [0.3, 0.4) is 0 Å². The molecule has 3 rings (SSSR count). The molecule has 0 radical (unpaired) electrons. The Labute approximate surface area is 149 Å². The second-order valence-corrected chi connectivity index (χ2v) is 6.15. The second-order valence-electron chi connectivity index (χ2n) is 5.74. The van der Waals surface area contributed by atoms with Crippen molar-refractivity contribution in [2.45, 2.75) is 19.8 Å². The molecule has 0 aliphatic carbocycles. The first-order valence-corrected chi connectivity index (χ1v) is 8.00. The number of tetrazole rings is 1. The Morgan fingerprint density at radius 2 is 2.12 bits per heavy atom. The molecule has 2 heterocycles. The summed E-state index contributed by atoms with van der Waals surface area (Å²) in [5, 5.41) is 14.4. The second kappa shape index (κ2) is 6.94. The van der Waals surface area contributed by atoms with Crippen LogP contribution in [0.25, 0.3) is 11.4 Å². The first-order valence-electron chi connectivity index (χ1n) is 7.62. The molecule has 0 aliphatic rings. The Balaban J connectivity index is 1.87. The van der Waals surface area contributed by atoms with Gasteiger partial charge in [-0.05, 0) is 22.6 Å². The number of halogens is 1. The summed E-state index contributed by atoms with van der Waals surface area (Å²) in [6, 6.07) is 7.21. The lowest BCUT2D eigenvalue weighted by Crippen LogP contribution is -2.16. The molecule has 0 saturated heterocycles. The maximum atomic E-state index is 12.5. The van der Waals surface area contributed by atoms with Crippen molar-refractivity contribution in [2.24, 2.45) is 7.05 Å². The van der Waals surface area contributed by atoms with Crippen LogP contribution in [0.4, 0.5) is 5.69 Å². The molecule has 8 nitrogen and oxygen atoms in total. The fraction of sp³-hybridized carbons (Fsp3) is 0.250. The van der Waals surface area contributed by atoms with Gasteiger partial charge >= 0.3 is 0 Å². The van der Waals surface area contributed by atoms with Gasteiger partial charge < -0.3 is 5.32 Å². The minimum atomic E-state index is -0.400. The summed E-state index contributed by atoms with van der Waals surface area (Å²) in [7, 11) is 1.74. The summed E-state index contributed by atoms with van der Waals surface area (Å²) in [5.74, 6) is 0.852. The van der Waals surface area contributed by atoms with E-state index in [2.05, 4.69) is 30.8 Å². The Morgan fingerprint density at radius 3 is 2.80 bits per heavy atom. The van der Waals surface area contributed by atoms with E-state index in [0.29, 0.717) is 17.3 Å². The van der Waals surface area contributed by atoms with Crippen LogP contribution in [0.1, 0.15) is 36.1 Å². The zero-order valence-corrected chi connectivity index (χ0v) is 14.7. The normalized spacial score (nSPS) is 10.9. The fourth-order valence-corrected chi connectivity index (χ4v) is 2.40. The molecule has 0 spiro atoms. The van der Waals surface area contributed by atoms with Crippen molar-refractivity contribution < 1.29 is 4.79 Å². The van der Waals surface area contributed by atoms with E-state index in [1.165, 1.54) is 6.20 Å². The lowest BCUT2D eigenvalue weighted by molar-refractivity contribution is 0.102. The first-order chi connectivity index (χ1) is 12.0. The lowest BCUT2D eigenvalue weighted by atomic mass is 10.2. The molecule has 0 aliphatic heterocycles. The van der Waals surface area contributed by atoms with Gasteiger partial charge in [-0.3, -0.25) is 4.79 Å². The van der Waals surface area contributed by atoms with E-state index >= 15 is 0 Å². The van der Waals surface area contributed by atoms with Crippen LogP contribution in [0.15, 0.2) is 30.5 Å². The molecular weight excluding hydrogens is 342 g/mol. The van der Waals surface area contributed by atoms with E-state index in [1.54, 1.807) is 29.9 Å². The van der Waals surface area contributed by atoms with Crippen LogP contribution >= 0.6 is 11.6 Å². The van der Waals surface area contributed by atoms with Gasteiger partial charge in [-0.1, -0.05) is 37.6 Å². The van der Waals surface area contributed by atoms with Crippen LogP contribution in [0, 0.1) is 0 Å². The standard InChI is InChI=1S/C16H16ClN7O/c1-9(2)14-18-8-12(17)13(20-14)16(25)19-11-6-4-5-10(7-11)15-21-22-23-24(15)3/h4-9H,1-3H3,(H,19,25). The molecule has 25 heavy (non-hydrogen) atoms. The van der Waals surface area contributed by atoms with E-state index in [-0.39, 0.29) is 16.6 Å². The zero-order valence-electron chi connectivity index (χ0n) is 13.9.